The molecule has 0 radical (unpaired) electrons. The van der Waals surface area contributed by atoms with Crippen LogP contribution in [0, 0.1) is 0 Å². The fourth-order valence-corrected chi connectivity index (χ4v) is 7.47. The van der Waals surface area contributed by atoms with Crippen molar-refractivity contribution >= 4 is 32.5 Å². The summed E-state index contributed by atoms with van der Waals surface area (Å²) in [5.41, 5.74) is 1.85. The van der Waals surface area contributed by atoms with Crippen molar-refractivity contribution in [2.75, 3.05) is 11.5 Å². The predicted molar refractivity (Wildman–Crippen MR) is 111 cm³/mol. The van der Waals surface area contributed by atoms with Crippen LogP contribution in [0.25, 0.3) is 10.9 Å². The molecule has 8 heteroatoms. The zero-order valence-electron chi connectivity index (χ0n) is 15.6. The Labute approximate surface area is 168 Å². The standard InChI is InChI=1S/C20H24N2O4S2/c23-17-12-28(25,26)13-18(17)27-20-21-16-9-5-4-8-15(16)19(24)22(20)11-10-14-6-2-1-3-7-14/h4-6,8-9,17-18,23H,1-3,7,10-13H2/t17-,18+/m1/s1. The Bertz CT molecular complexity index is 1080. The van der Waals surface area contributed by atoms with Gasteiger partial charge < -0.3 is 5.11 Å². The summed E-state index contributed by atoms with van der Waals surface area (Å²) in [4.78, 5) is 17.8. The number of hydrogen-bond donors (Lipinski definition) is 1. The van der Waals surface area contributed by atoms with Crippen LogP contribution in [0.4, 0.5) is 0 Å². The number of para-hydroxylation sites is 1. The highest BCUT2D eigenvalue weighted by molar-refractivity contribution is 8.01. The van der Waals surface area contributed by atoms with E-state index >= 15 is 0 Å². The maximum absolute atomic E-state index is 13.1. The fraction of sp³-hybridized carbons (Fsp3) is 0.500. The molecule has 0 spiro atoms. The predicted octanol–water partition coefficient (Wildman–Crippen LogP) is 2.54. The van der Waals surface area contributed by atoms with Crippen molar-refractivity contribution in [1.29, 1.82) is 0 Å². The van der Waals surface area contributed by atoms with Crippen LogP contribution in [0.2, 0.25) is 0 Å². The lowest BCUT2D eigenvalue weighted by atomic mass is 9.97. The number of rotatable bonds is 5. The smallest absolute Gasteiger partial charge is 0.262 e. The van der Waals surface area contributed by atoms with Crippen LogP contribution in [0.15, 0.2) is 45.9 Å². The fourth-order valence-electron chi connectivity index (χ4n) is 3.87. The minimum absolute atomic E-state index is 0.0906. The van der Waals surface area contributed by atoms with Gasteiger partial charge >= 0.3 is 0 Å². The van der Waals surface area contributed by atoms with Gasteiger partial charge in [-0.05, 0) is 44.2 Å². The van der Waals surface area contributed by atoms with Gasteiger partial charge in [0.15, 0.2) is 15.0 Å². The van der Waals surface area contributed by atoms with E-state index in [1.807, 2.05) is 12.1 Å². The van der Waals surface area contributed by atoms with Crippen LogP contribution in [0.5, 0.6) is 0 Å². The van der Waals surface area contributed by atoms with Crippen molar-refractivity contribution in [3.05, 3.63) is 46.3 Å². The molecule has 2 heterocycles. The van der Waals surface area contributed by atoms with E-state index in [2.05, 4.69) is 11.1 Å². The molecule has 2 atom stereocenters. The molecule has 0 unspecified atom stereocenters. The first-order valence-corrected chi connectivity index (χ1v) is 12.4. The van der Waals surface area contributed by atoms with E-state index in [9.17, 15) is 18.3 Å². The summed E-state index contributed by atoms with van der Waals surface area (Å²) < 4.78 is 25.4. The molecule has 28 heavy (non-hydrogen) atoms. The van der Waals surface area contributed by atoms with E-state index in [0.29, 0.717) is 22.6 Å². The highest BCUT2D eigenvalue weighted by Gasteiger charge is 2.38. The molecule has 4 rings (SSSR count). The molecule has 1 saturated heterocycles. The molecular weight excluding hydrogens is 396 g/mol. The molecule has 1 fully saturated rings. The second-order valence-electron chi connectivity index (χ2n) is 7.53. The van der Waals surface area contributed by atoms with Crippen molar-refractivity contribution in [2.24, 2.45) is 0 Å². The highest BCUT2D eigenvalue weighted by atomic mass is 32.2. The molecule has 2 aliphatic rings. The Morgan fingerprint density at radius 1 is 1.21 bits per heavy atom. The largest absolute Gasteiger partial charge is 0.391 e. The first kappa shape index (κ1) is 19.7. The third-order valence-corrected chi connectivity index (χ3v) is 8.63. The van der Waals surface area contributed by atoms with E-state index in [4.69, 9.17) is 0 Å². The number of hydrogen-bond acceptors (Lipinski definition) is 6. The Hall–Kier alpha value is -1.64. The first-order valence-electron chi connectivity index (χ1n) is 9.65. The van der Waals surface area contributed by atoms with Gasteiger partial charge in [-0.1, -0.05) is 35.5 Å². The van der Waals surface area contributed by atoms with Crippen molar-refractivity contribution in [2.45, 2.75) is 55.2 Å². The zero-order valence-corrected chi connectivity index (χ0v) is 17.2. The summed E-state index contributed by atoms with van der Waals surface area (Å²) in [6, 6.07) is 7.20. The molecule has 1 aliphatic carbocycles. The van der Waals surface area contributed by atoms with Gasteiger partial charge in [0.05, 0.1) is 33.8 Å². The molecule has 0 amide bonds. The number of aliphatic hydroxyl groups excluding tert-OH is 1. The molecule has 2 aromatic rings. The molecule has 1 aromatic heterocycles. The molecule has 0 saturated carbocycles. The third-order valence-electron chi connectivity index (χ3n) is 5.40. The molecule has 1 aromatic carbocycles. The quantitative estimate of drug-likeness (QED) is 0.591. The van der Waals surface area contributed by atoms with Gasteiger partial charge in [-0.15, -0.1) is 0 Å². The molecular formula is C20H24N2O4S2. The van der Waals surface area contributed by atoms with Gasteiger partial charge in [0.1, 0.15) is 0 Å². The molecule has 150 valence electrons. The van der Waals surface area contributed by atoms with Gasteiger partial charge in [-0.3, -0.25) is 9.36 Å². The lowest BCUT2D eigenvalue weighted by Crippen LogP contribution is -2.27. The Kier molecular flexibility index (Phi) is 5.62. The van der Waals surface area contributed by atoms with Gasteiger partial charge in [-0.2, -0.15) is 0 Å². The van der Waals surface area contributed by atoms with E-state index in [-0.39, 0.29) is 17.1 Å². The molecule has 1 aliphatic heterocycles. The minimum atomic E-state index is -3.25. The number of fused-ring (bicyclic) bond motifs is 1. The van der Waals surface area contributed by atoms with Gasteiger partial charge in [-0.25, -0.2) is 13.4 Å². The van der Waals surface area contributed by atoms with Crippen LogP contribution in [-0.2, 0) is 16.4 Å². The van der Waals surface area contributed by atoms with Crippen LogP contribution in [0.3, 0.4) is 0 Å². The number of nitrogens with zero attached hydrogens (tertiary/aromatic N) is 2. The topological polar surface area (TPSA) is 89.3 Å². The zero-order chi connectivity index (χ0) is 19.7. The summed E-state index contributed by atoms with van der Waals surface area (Å²) >= 11 is 1.21. The van der Waals surface area contributed by atoms with Gasteiger partial charge in [0, 0.05) is 6.54 Å². The number of sulfone groups is 1. The summed E-state index contributed by atoms with van der Waals surface area (Å²) in [6.45, 7) is 0.514. The molecule has 1 N–H and O–H groups in total. The monoisotopic (exact) mass is 420 g/mol. The SMILES string of the molecule is O=c1c2ccccc2nc(S[C@H]2CS(=O)(=O)C[C@H]2O)n1CCC1=CCCCC1. The number of benzene rings is 1. The van der Waals surface area contributed by atoms with E-state index in [0.717, 1.165) is 19.3 Å². The van der Waals surface area contributed by atoms with E-state index in [1.54, 1.807) is 16.7 Å². The van der Waals surface area contributed by atoms with Crippen molar-refractivity contribution < 1.29 is 13.5 Å². The minimum Gasteiger partial charge on any atom is -0.391 e. The lowest BCUT2D eigenvalue weighted by molar-refractivity contribution is 0.207. The maximum atomic E-state index is 13.1. The molecule has 6 nitrogen and oxygen atoms in total. The Balaban J connectivity index is 1.68. The van der Waals surface area contributed by atoms with Crippen molar-refractivity contribution in [3.63, 3.8) is 0 Å². The number of aliphatic hydroxyl groups is 1. The maximum Gasteiger partial charge on any atom is 0.262 e. The van der Waals surface area contributed by atoms with Gasteiger partial charge in [0.25, 0.3) is 5.56 Å². The normalized spacial score (nSPS) is 24.4. The summed E-state index contributed by atoms with van der Waals surface area (Å²) in [6.07, 6.45) is 6.68. The second-order valence-corrected chi connectivity index (χ2v) is 10.9. The summed E-state index contributed by atoms with van der Waals surface area (Å²) in [7, 11) is -3.25. The number of allylic oxidation sites excluding steroid dienone is 2. The number of thioether (sulfide) groups is 1. The average molecular weight is 421 g/mol. The Morgan fingerprint density at radius 3 is 2.75 bits per heavy atom. The summed E-state index contributed by atoms with van der Waals surface area (Å²) in [5.74, 6) is -0.317. The second kappa shape index (κ2) is 8.00. The average Bonchev–Trinajstić information content (AvgIpc) is 2.93. The van der Waals surface area contributed by atoms with Crippen LogP contribution in [0.1, 0.15) is 32.1 Å². The van der Waals surface area contributed by atoms with Crippen LogP contribution < -0.4 is 5.56 Å². The number of aromatic nitrogens is 2. The summed E-state index contributed by atoms with van der Waals surface area (Å²) in [5, 5.41) is 10.7. The van der Waals surface area contributed by atoms with Crippen molar-refractivity contribution in [3.8, 4) is 0 Å². The highest BCUT2D eigenvalue weighted by Crippen LogP contribution is 2.31. The van der Waals surface area contributed by atoms with Gasteiger partial charge in [0.2, 0.25) is 0 Å². The third kappa shape index (κ3) is 4.18. The van der Waals surface area contributed by atoms with E-state index in [1.165, 1.54) is 30.2 Å². The Morgan fingerprint density at radius 2 is 2.04 bits per heavy atom. The van der Waals surface area contributed by atoms with E-state index < -0.39 is 21.2 Å². The molecule has 0 bridgehead atoms. The van der Waals surface area contributed by atoms with Crippen LogP contribution >= 0.6 is 11.8 Å². The first-order chi connectivity index (χ1) is 13.4. The van der Waals surface area contributed by atoms with Crippen molar-refractivity contribution in [1.82, 2.24) is 9.55 Å². The lowest BCUT2D eigenvalue weighted by Gasteiger charge is -2.18. The van der Waals surface area contributed by atoms with Crippen LogP contribution in [-0.4, -0.2) is 45.9 Å².